The fourth-order valence-electron chi connectivity index (χ4n) is 1.32. The third-order valence-corrected chi connectivity index (χ3v) is 2.08. The minimum absolute atomic E-state index is 0.833. The predicted octanol–water partition coefficient (Wildman–Crippen LogP) is 1.88. The molecule has 0 fully saturated rings. The Morgan fingerprint density at radius 1 is 1.25 bits per heavy atom. The summed E-state index contributed by atoms with van der Waals surface area (Å²) in [4.78, 5) is 13.0. The molecule has 1 heterocycles. The van der Waals surface area contributed by atoms with Crippen molar-refractivity contribution >= 4 is 6.03 Å². The minimum Gasteiger partial charge on any atom is -0.352 e. The Bertz CT molecular complexity index is 255. The topological polar surface area (TPSA) is 86.9 Å². The van der Waals surface area contributed by atoms with Crippen molar-refractivity contribution in [2.75, 3.05) is 0 Å². The molecule has 4 N–H and O–H groups in total. The van der Waals surface area contributed by atoms with E-state index in [2.05, 4.69) is 27.9 Å². The van der Waals surface area contributed by atoms with E-state index < -0.39 is 6.03 Å². The number of amides is 2. The number of carbonyl (C=O) groups excluding carboxylic acids is 1. The maximum atomic E-state index is 9.00. The molecule has 92 valence electrons. The van der Waals surface area contributed by atoms with Crippen LogP contribution in [0.25, 0.3) is 0 Å². The molecule has 0 radical (unpaired) electrons. The van der Waals surface area contributed by atoms with E-state index in [1.807, 2.05) is 18.7 Å². The molecule has 1 aromatic rings. The van der Waals surface area contributed by atoms with Crippen molar-refractivity contribution in [3.63, 3.8) is 0 Å². The molecule has 0 atom stereocenters. The van der Waals surface area contributed by atoms with Gasteiger partial charge in [-0.05, 0) is 6.42 Å². The van der Waals surface area contributed by atoms with Crippen LogP contribution in [0, 0.1) is 0 Å². The highest BCUT2D eigenvalue weighted by Crippen LogP contribution is 2.03. The zero-order valence-corrected chi connectivity index (χ0v) is 9.93. The Morgan fingerprint density at radius 2 is 1.88 bits per heavy atom. The van der Waals surface area contributed by atoms with Crippen molar-refractivity contribution < 1.29 is 4.79 Å². The highest BCUT2D eigenvalue weighted by atomic mass is 16.2. The minimum atomic E-state index is -0.833. The predicted molar refractivity (Wildman–Crippen MR) is 64.8 cm³/mol. The quantitative estimate of drug-likeness (QED) is 0.725. The lowest BCUT2D eigenvalue weighted by Crippen LogP contribution is -2.18. The molecule has 1 rings (SSSR count). The summed E-state index contributed by atoms with van der Waals surface area (Å²) in [7, 11) is 0. The van der Waals surface area contributed by atoms with Crippen molar-refractivity contribution in [2.45, 2.75) is 45.6 Å². The molecule has 0 aliphatic heterocycles. The van der Waals surface area contributed by atoms with E-state index in [1.165, 1.54) is 32.1 Å². The fourth-order valence-corrected chi connectivity index (χ4v) is 1.32. The van der Waals surface area contributed by atoms with Gasteiger partial charge in [0.05, 0.1) is 6.33 Å². The van der Waals surface area contributed by atoms with Crippen molar-refractivity contribution in [3.05, 3.63) is 18.7 Å². The van der Waals surface area contributed by atoms with Gasteiger partial charge in [-0.1, -0.05) is 32.6 Å². The largest absolute Gasteiger partial charge is 0.352 e. The first kappa shape index (κ1) is 14.5. The molecule has 2 amide bonds. The van der Waals surface area contributed by atoms with Crippen LogP contribution in [-0.2, 0) is 6.54 Å². The average Bonchev–Trinajstić information content (AvgIpc) is 2.69. The summed E-state index contributed by atoms with van der Waals surface area (Å²) in [6, 6.07) is -0.833. The van der Waals surface area contributed by atoms with E-state index in [0.29, 0.717) is 0 Å². The average molecular weight is 226 g/mol. The van der Waals surface area contributed by atoms with Crippen molar-refractivity contribution in [3.8, 4) is 0 Å². The van der Waals surface area contributed by atoms with E-state index in [1.54, 1.807) is 0 Å². The van der Waals surface area contributed by atoms with Crippen molar-refractivity contribution in [1.29, 1.82) is 0 Å². The number of carbonyl (C=O) groups is 1. The second-order valence-electron chi connectivity index (χ2n) is 3.62. The lowest BCUT2D eigenvalue weighted by Gasteiger charge is -2.00. The first-order chi connectivity index (χ1) is 7.66. The van der Waals surface area contributed by atoms with Gasteiger partial charge in [-0.2, -0.15) is 0 Å². The molecule has 1 aromatic heterocycles. The number of imidazole rings is 1. The zero-order chi connectivity index (χ0) is 12.2. The van der Waals surface area contributed by atoms with Gasteiger partial charge in [0.25, 0.3) is 0 Å². The molecular weight excluding hydrogens is 204 g/mol. The molecule has 0 aliphatic rings. The Kier molecular flexibility index (Phi) is 9.06. The lowest BCUT2D eigenvalue weighted by molar-refractivity contribution is 0.256. The van der Waals surface area contributed by atoms with Crippen molar-refractivity contribution in [2.24, 2.45) is 11.5 Å². The number of nitrogens with two attached hydrogens (primary N) is 2. The van der Waals surface area contributed by atoms with Gasteiger partial charge in [0.15, 0.2) is 0 Å². The SMILES string of the molecule is CCCCCCCn1ccnc1.NC(N)=O. The summed E-state index contributed by atoms with van der Waals surface area (Å²) in [5.41, 5.74) is 8.50. The molecule has 0 saturated carbocycles. The Hall–Kier alpha value is -1.52. The fraction of sp³-hybridized carbons (Fsp3) is 0.636. The third kappa shape index (κ3) is 10.6. The van der Waals surface area contributed by atoms with Crippen LogP contribution >= 0.6 is 0 Å². The second-order valence-corrected chi connectivity index (χ2v) is 3.62. The van der Waals surface area contributed by atoms with Gasteiger partial charge in [0.2, 0.25) is 0 Å². The van der Waals surface area contributed by atoms with Crippen LogP contribution in [0.2, 0.25) is 0 Å². The number of aryl methyl sites for hydroxylation is 1. The first-order valence-electron chi connectivity index (χ1n) is 5.67. The molecule has 5 heteroatoms. The van der Waals surface area contributed by atoms with Gasteiger partial charge in [-0.3, -0.25) is 0 Å². The standard InChI is InChI=1S/C10H18N2.CH4N2O/c1-2-3-4-5-6-8-12-9-7-11-10-12;2-1(3)4/h7,9-10H,2-6,8H2,1H3;(H4,2,3,4). The number of urea groups is 1. The summed E-state index contributed by atoms with van der Waals surface area (Å²) in [5.74, 6) is 0. The molecular formula is C11H22N4O. The van der Waals surface area contributed by atoms with Gasteiger partial charge in [-0.25, -0.2) is 9.78 Å². The van der Waals surface area contributed by atoms with Gasteiger partial charge < -0.3 is 16.0 Å². The maximum absolute atomic E-state index is 9.00. The van der Waals surface area contributed by atoms with E-state index in [0.717, 1.165) is 6.54 Å². The van der Waals surface area contributed by atoms with Crippen LogP contribution in [-0.4, -0.2) is 15.6 Å². The lowest BCUT2D eigenvalue weighted by atomic mass is 10.1. The van der Waals surface area contributed by atoms with Crippen LogP contribution < -0.4 is 11.5 Å². The van der Waals surface area contributed by atoms with E-state index >= 15 is 0 Å². The highest BCUT2D eigenvalue weighted by Gasteiger charge is 1.90. The molecule has 0 saturated heterocycles. The van der Waals surface area contributed by atoms with Gasteiger partial charge in [0.1, 0.15) is 0 Å². The monoisotopic (exact) mass is 226 g/mol. The molecule has 0 spiro atoms. The second kappa shape index (κ2) is 10.0. The molecule has 5 nitrogen and oxygen atoms in total. The van der Waals surface area contributed by atoms with E-state index in [9.17, 15) is 0 Å². The summed E-state index contributed by atoms with van der Waals surface area (Å²) in [6.45, 7) is 3.37. The number of hydrogen-bond acceptors (Lipinski definition) is 2. The number of hydrogen-bond donors (Lipinski definition) is 2. The summed E-state index contributed by atoms with van der Waals surface area (Å²) in [5, 5.41) is 0. The Labute approximate surface area is 96.8 Å². The smallest absolute Gasteiger partial charge is 0.309 e. The Balaban J connectivity index is 0.000000487. The van der Waals surface area contributed by atoms with Crippen LogP contribution in [0.5, 0.6) is 0 Å². The first-order valence-corrected chi connectivity index (χ1v) is 5.67. The number of aromatic nitrogens is 2. The highest BCUT2D eigenvalue weighted by molar-refractivity contribution is 5.69. The van der Waals surface area contributed by atoms with Gasteiger partial charge in [0, 0.05) is 18.9 Å². The molecule has 0 bridgehead atoms. The molecule has 0 aromatic carbocycles. The van der Waals surface area contributed by atoms with E-state index in [4.69, 9.17) is 4.79 Å². The molecule has 16 heavy (non-hydrogen) atoms. The number of nitrogens with zero attached hydrogens (tertiary/aromatic N) is 2. The van der Waals surface area contributed by atoms with Gasteiger partial charge in [-0.15, -0.1) is 0 Å². The maximum Gasteiger partial charge on any atom is 0.309 e. The van der Waals surface area contributed by atoms with Gasteiger partial charge >= 0.3 is 6.03 Å². The van der Waals surface area contributed by atoms with Crippen molar-refractivity contribution in [1.82, 2.24) is 9.55 Å². The molecule has 0 unspecified atom stereocenters. The van der Waals surface area contributed by atoms with E-state index in [-0.39, 0.29) is 0 Å². The number of rotatable bonds is 6. The summed E-state index contributed by atoms with van der Waals surface area (Å²) >= 11 is 0. The number of unbranched alkanes of at least 4 members (excludes halogenated alkanes) is 4. The Morgan fingerprint density at radius 3 is 2.38 bits per heavy atom. The van der Waals surface area contributed by atoms with Crippen LogP contribution in [0.15, 0.2) is 18.7 Å². The zero-order valence-electron chi connectivity index (χ0n) is 9.93. The van der Waals surface area contributed by atoms with Crippen LogP contribution in [0.4, 0.5) is 4.79 Å². The third-order valence-electron chi connectivity index (χ3n) is 2.08. The summed E-state index contributed by atoms with van der Waals surface area (Å²) < 4.78 is 2.14. The summed E-state index contributed by atoms with van der Waals surface area (Å²) in [6.07, 6.45) is 12.5. The number of primary amides is 2. The molecule has 0 aliphatic carbocycles. The van der Waals surface area contributed by atoms with Crippen LogP contribution in [0.3, 0.4) is 0 Å². The van der Waals surface area contributed by atoms with Crippen LogP contribution in [0.1, 0.15) is 39.0 Å². The normalized spacial score (nSPS) is 9.31.